The molecule has 0 atom stereocenters. The van der Waals surface area contributed by atoms with E-state index in [4.69, 9.17) is 0 Å². The van der Waals surface area contributed by atoms with Crippen LogP contribution in [0.15, 0.2) is 83.8 Å². The highest BCUT2D eigenvalue weighted by molar-refractivity contribution is 5.86. The third-order valence-electron chi connectivity index (χ3n) is 4.43. The maximum Gasteiger partial charge on any atom is 0.258 e. The van der Waals surface area contributed by atoms with Gasteiger partial charge in [-0.2, -0.15) is 0 Å². The number of halogens is 2. The van der Waals surface area contributed by atoms with Gasteiger partial charge in [0.2, 0.25) is 0 Å². The minimum absolute atomic E-state index is 0.174. The van der Waals surface area contributed by atoms with Crippen LogP contribution >= 0.6 is 0 Å². The van der Waals surface area contributed by atoms with E-state index >= 15 is 0 Å². The van der Waals surface area contributed by atoms with E-state index in [0.717, 1.165) is 16.5 Å². The predicted octanol–water partition coefficient (Wildman–Crippen LogP) is 5.00. The van der Waals surface area contributed by atoms with Crippen molar-refractivity contribution in [1.82, 2.24) is 4.57 Å². The van der Waals surface area contributed by atoms with Gasteiger partial charge in [-0.25, -0.2) is 8.78 Å². The van der Waals surface area contributed by atoms with Crippen LogP contribution in [0.3, 0.4) is 0 Å². The highest BCUT2D eigenvalue weighted by Gasteiger charge is 2.08. The molecule has 0 aliphatic carbocycles. The third-order valence-corrected chi connectivity index (χ3v) is 4.43. The zero-order valence-corrected chi connectivity index (χ0v) is 13.8. The molecule has 1 aromatic heterocycles. The lowest BCUT2D eigenvalue weighted by molar-refractivity contribution is 0.597. The van der Waals surface area contributed by atoms with Gasteiger partial charge >= 0.3 is 0 Å². The first-order chi connectivity index (χ1) is 12.6. The first-order valence-corrected chi connectivity index (χ1v) is 8.24. The average Bonchev–Trinajstić information content (AvgIpc) is 2.65. The van der Waals surface area contributed by atoms with Gasteiger partial charge in [0.25, 0.3) is 5.56 Å². The SMILES string of the molecule is O=c1c2ccc(-c3cccc(F)c3)cc2ccn1Cc1ccccc1F. The van der Waals surface area contributed by atoms with E-state index in [9.17, 15) is 13.6 Å². The number of nitrogens with zero attached hydrogens (tertiary/aromatic N) is 1. The Morgan fingerprint density at radius 2 is 1.62 bits per heavy atom. The quantitative estimate of drug-likeness (QED) is 0.511. The first-order valence-electron chi connectivity index (χ1n) is 8.24. The predicted molar refractivity (Wildman–Crippen MR) is 99.1 cm³/mol. The molecule has 128 valence electrons. The van der Waals surface area contributed by atoms with Crippen molar-refractivity contribution in [2.24, 2.45) is 0 Å². The van der Waals surface area contributed by atoms with E-state index in [1.807, 2.05) is 18.2 Å². The van der Waals surface area contributed by atoms with Gasteiger partial charge in [-0.15, -0.1) is 0 Å². The van der Waals surface area contributed by atoms with Crippen LogP contribution in [0.4, 0.5) is 8.78 Å². The van der Waals surface area contributed by atoms with Crippen LogP contribution in [-0.2, 0) is 6.54 Å². The number of fused-ring (bicyclic) bond motifs is 1. The second kappa shape index (κ2) is 6.56. The molecule has 0 saturated heterocycles. The van der Waals surface area contributed by atoms with Crippen LogP contribution < -0.4 is 5.56 Å². The number of hydrogen-bond donors (Lipinski definition) is 0. The molecule has 0 unspecified atom stereocenters. The fourth-order valence-electron chi connectivity index (χ4n) is 3.07. The molecule has 3 aromatic carbocycles. The number of hydrogen-bond acceptors (Lipinski definition) is 1. The standard InChI is InChI=1S/C22H15F2NO/c23-19-6-3-5-15(13-19)16-8-9-20-17(12-16)10-11-25(22(20)26)14-18-4-1-2-7-21(18)24/h1-13H,14H2. The van der Waals surface area contributed by atoms with Crippen LogP contribution in [-0.4, -0.2) is 4.57 Å². The monoisotopic (exact) mass is 347 g/mol. The fourth-order valence-corrected chi connectivity index (χ4v) is 3.07. The molecule has 0 bridgehead atoms. The van der Waals surface area contributed by atoms with Crippen molar-refractivity contribution in [3.63, 3.8) is 0 Å². The number of rotatable bonds is 3. The summed E-state index contributed by atoms with van der Waals surface area (Å²) in [6.07, 6.45) is 1.66. The van der Waals surface area contributed by atoms with E-state index in [-0.39, 0.29) is 23.7 Å². The number of pyridine rings is 1. The van der Waals surface area contributed by atoms with Gasteiger partial charge < -0.3 is 4.57 Å². The van der Waals surface area contributed by atoms with Crippen molar-refractivity contribution < 1.29 is 8.78 Å². The summed E-state index contributed by atoms with van der Waals surface area (Å²) in [4.78, 5) is 12.7. The second-order valence-electron chi connectivity index (χ2n) is 6.15. The van der Waals surface area contributed by atoms with Crippen molar-refractivity contribution >= 4 is 10.8 Å². The molecule has 4 rings (SSSR count). The summed E-state index contributed by atoms with van der Waals surface area (Å²) in [5.74, 6) is -0.635. The van der Waals surface area contributed by atoms with Crippen molar-refractivity contribution in [2.45, 2.75) is 6.54 Å². The normalized spacial score (nSPS) is 11.0. The number of aromatic nitrogens is 1. The van der Waals surface area contributed by atoms with Crippen molar-refractivity contribution in [3.05, 3.63) is 107 Å². The maximum absolute atomic E-state index is 13.8. The molecule has 0 spiro atoms. The Morgan fingerprint density at radius 3 is 2.42 bits per heavy atom. The third kappa shape index (κ3) is 3.02. The molecule has 26 heavy (non-hydrogen) atoms. The topological polar surface area (TPSA) is 22.0 Å². The van der Waals surface area contributed by atoms with Crippen LogP contribution in [0.25, 0.3) is 21.9 Å². The highest BCUT2D eigenvalue weighted by atomic mass is 19.1. The summed E-state index contributed by atoms with van der Waals surface area (Å²) in [5, 5.41) is 1.31. The smallest absolute Gasteiger partial charge is 0.258 e. The molecule has 0 aliphatic heterocycles. The second-order valence-corrected chi connectivity index (χ2v) is 6.15. The van der Waals surface area contributed by atoms with Crippen molar-refractivity contribution in [3.8, 4) is 11.1 Å². The number of benzene rings is 3. The van der Waals surface area contributed by atoms with Crippen molar-refractivity contribution in [1.29, 1.82) is 0 Å². The minimum atomic E-state index is -0.332. The summed E-state index contributed by atoms with van der Waals surface area (Å²) < 4.78 is 28.8. The Labute approximate surface area is 149 Å². The lowest BCUT2D eigenvalue weighted by Gasteiger charge is -2.09. The minimum Gasteiger partial charge on any atom is -0.310 e. The van der Waals surface area contributed by atoms with E-state index in [0.29, 0.717) is 10.9 Å². The molecular formula is C22H15F2NO. The largest absolute Gasteiger partial charge is 0.310 e. The van der Waals surface area contributed by atoms with Gasteiger partial charge in [-0.1, -0.05) is 36.4 Å². The summed E-state index contributed by atoms with van der Waals surface area (Å²) in [6.45, 7) is 0.174. The Hall–Kier alpha value is -3.27. The molecular weight excluding hydrogens is 332 g/mol. The Balaban J connectivity index is 1.76. The molecule has 0 N–H and O–H groups in total. The average molecular weight is 347 g/mol. The van der Waals surface area contributed by atoms with Gasteiger partial charge in [0.05, 0.1) is 6.54 Å². The van der Waals surface area contributed by atoms with Crippen LogP contribution in [0, 0.1) is 11.6 Å². The van der Waals surface area contributed by atoms with Crippen LogP contribution in [0.5, 0.6) is 0 Å². The molecule has 4 heteroatoms. The van der Waals surface area contributed by atoms with E-state index in [1.54, 1.807) is 42.6 Å². The van der Waals surface area contributed by atoms with E-state index in [1.165, 1.54) is 22.8 Å². The molecule has 1 heterocycles. The molecule has 0 aliphatic rings. The van der Waals surface area contributed by atoms with Gasteiger partial charge in [0.15, 0.2) is 0 Å². The Bertz CT molecular complexity index is 1160. The maximum atomic E-state index is 13.8. The molecule has 0 radical (unpaired) electrons. The summed E-state index contributed by atoms with van der Waals surface area (Å²) in [7, 11) is 0. The molecule has 0 fully saturated rings. The Morgan fingerprint density at radius 1 is 0.808 bits per heavy atom. The van der Waals surface area contributed by atoms with Gasteiger partial charge in [-0.05, 0) is 52.9 Å². The zero-order chi connectivity index (χ0) is 18.1. The Kier molecular flexibility index (Phi) is 4.09. The molecule has 2 nitrogen and oxygen atoms in total. The fraction of sp³-hybridized carbons (Fsp3) is 0.0455. The lowest BCUT2D eigenvalue weighted by Crippen LogP contribution is -2.20. The van der Waals surface area contributed by atoms with Crippen LogP contribution in [0.2, 0.25) is 0 Å². The highest BCUT2D eigenvalue weighted by Crippen LogP contribution is 2.23. The summed E-state index contributed by atoms with van der Waals surface area (Å²) in [5.41, 5.74) is 1.87. The summed E-state index contributed by atoms with van der Waals surface area (Å²) in [6, 6.07) is 20.0. The van der Waals surface area contributed by atoms with Gasteiger partial charge in [0.1, 0.15) is 11.6 Å². The van der Waals surface area contributed by atoms with Gasteiger partial charge in [-0.3, -0.25) is 4.79 Å². The van der Waals surface area contributed by atoms with E-state index in [2.05, 4.69) is 0 Å². The lowest BCUT2D eigenvalue weighted by atomic mass is 10.0. The van der Waals surface area contributed by atoms with Crippen molar-refractivity contribution in [2.75, 3.05) is 0 Å². The zero-order valence-electron chi connectivity index (χ0n) is 13.8. The van der Waals surface area contributed by atoms with E-state index < -0.39 is 0 Å². The first kappa shape index (κ1) is 16.2. The molecule has 0 saturated carbocycles. The summed E-state index contributed by atoms with van der Waals surface area (Å²) >= 11 is 0. The van der Waals surface area contributed by atoms with Gasteiger partial charge in [0, 0.05) is 17.1 Å². The molecule has 0 amide bonds. The van der Waals surface area contributed by atoms with Crippen LogP contribution in [0.1, 0.15) is 5.56 Å². The molecule has 4 aromatic rings.